The first kappa shape index (κ1) is 29.5. The predicted molar refractivity (Wildman–Crippen MR) is 171 cm³/mol. The normalized spacial score (nSPS) is 13.5. The SMILES string of the molecule is Cc1cc([Si](C)(C)C)c(CCCCc2cc([Si](C)(C)C)c(C)cc2[Si](C)(C)C)cc1[Si](C)(C)C. The lowest BCUT2D eigenvalue weighted by Gasteiger charge is -2.28. The molecular weight excluding hydrogens is 473 g/mol. The molecule has 2 aromatic carbocycles. The van der Waals surface area contributed by atoms with E-state index in [9.17, 15) is 0 Å². The molecule has 0 amide bonds. The quantitative estimate of drug-likeness (QED) is 0.242. The van der Waals surface area contributed by atoms with Crippen LogP contribution in [0.2, 0.25) is 78.6 Å². The average Bonchev–Trinajstić information content (AvgIpc) is 2.63. The van der Waals surface area contributed by atoms with Gasteiger partial charge in [-0.05, 0) is 50.7 Å². The van der Waals surface area contributed by atoms with Crippen LogP contribution in [0.1, 0.15) is 35.1 Å². The van der Waals surface area contributed by atoms with Crippen molar-refractivity contribution >= 4 is 53.0 Å². The van der Waals surface area contributed by atoms with Crippen molar-refractivity contribution in [1.82, 2.24) is 0 Å². The van der Waals surface area contributed by atoms with Crippen molar-refractivity contribution in [3.8, 4) is 0 Å². The maximum absolute atomic E-state index is 2.64. The molecule has 2 aromatic rings. The molecule has 0 aromatic heterocycles. The Morgan fingerprint density at radius 1 is 0.412 bits per heavy atom. The highest BCUT2D eigenvalue weighted by molar-refractivity contribution is 6.91. The molecule has 0 nitrogen and oxygen atoms in total. The molecule has 0 saturated carbocycles. The average molecular weight is 527 g/mol. The number of hydrogen-bond donors (Lipinski definition) is 0. The van der Waals surface area contributed by atoms with Gasteiger partial charge in [0, 0.05) is 0 Å². The molecule has 0 bridgehead atoms. The van der Waals surface area contributed by atoms with E-state index in [4.69, 9.17) is 0 Å². The number of benzene rings is 2. The van der Waals surface area contributed by atoms with Crippen molar-refractivity contribution in [1.29, 1.82) is 0 Å². The van der Waals surface area contributed by atoms with E-state index in [0.717, 1.165) is 0 Å². The van der Waals surface area contributed by atoms with Gasteiger partial charge in [0.25, 0.3) is 0 Å². The largest absolute Gasteiger partial charge is 0.0779 e. The van der Waals surface area contributed by atoms with E-state index in [0.29, 0.717) is 0 Å². The highest BCUT2D eigenvalue weighted by atomic mass is 28.3. The standard InChI is InChI=1S/C30H54Si4/c1-23-19-29(33(9,10)11)25(21-27(23)31(3,4)5)17-15-16-18-26-22-28(32(6,7)8)24(2)20-30(26)34(12,13)14/h19-22H,15-18H2,1-14H3. The van der Waals surface area contributed by atoms with Gasteiger partial charge in [0.15, 0.2) is 0 Å². The lowest BCUT2D eigenvalue weighted by Crippen LogP contribution is -2.46. The number of unbranched alkanes of at least 4 members (excludes halogenated alkanes) is 1. The monoisotopic (exact) mass is 526 g/mol. The van der Waals surface area contributed by atoms with Crippen LogP contribution in [0.4, 0.5) is 0 Å². The molecule has 0 aliphatic rings. The van der Waals surface area contributed by atoms with Gasteiger partial charge >= 0.3 is 0 Å². The predicted octanol–water partition coefficient (Wildman–Crippen LogP) is 7.05. The number of rotatable bonds is 9. The summed E-state index contributed by atoms with van der Waals surface area (Å²) in [7, 11) is -5.37. The molecule has 0 heterocycles. The zero-order chi connectivity index (χ0) is 26.3. The van der Waals surface area contributed by atoms with Gasteiger partial charge in [-0.2, -0.15) is 0 Å². The summed E-state index contributed by atoms with van der Waals surface area (Å²) in [6.45, 7) is 34.8. The Hall–Kier alpha value is -0.692. The highest BCUT2D eigenvalue weighted by Gasteiger charge is 2.27. The minimum Gasteiger partial charge on any atom is -0.0656 e. The lowest BCUT2D eigenvalue weighted by molar-refractivity contribution is 0.737. The summed E-state index contributed by atoms with van der Waals surface area (Å²) in [6.07, 6.45) is 5.08. The zero-order valence-corrected chi connectivity index (χ0v) is 29.1. The summed E-state index contributed by atoms with van der Waals surface area (Å²) in [5.74, 6) is 0. The zero-order valence-electron chi connectivity index (χ0n) is 25.1. The van der Waals surface area contributed by atoms with Gasteiger partial charge in [-0.3, -0.25) is 0 Å². The summed E-state index contributed by atoms with van der Waals surface area (Å²) < 4.78 is 0. The molecule has 0 aliphatic carbocycles. The van der Waals surface area contributed by atoms with Crippen molar-refractivity contribution in [3.63, 3.8) is 0 Å². The van der Waals surface area contributed by atoms with Crippen molar-refractivity contribution in [2.45, 2.75) is 118 Å². The van der Waals surface area contributed by atoms with Crippen LogP contribution < -0.4 is 20.7 Å². The molecule has 0 spiro atoms. The van der Waals surface area contributed by atoms with Crippen molar-refractivity contribution in [3.05, 3.63) is 46.5 Å². The van der Waals surface area contributed by atoms with Gasteiger partial charge in [0.05, 0.1) is 32.3 Å². The van der Waals surface area contributed by atoms with E-state index in [1.54, 1.807) is 43.0 Å². The van der Waals surface area contributed by atoms with E-state index >= 15 is 0 Å². The molecule has 34 heavy (non-hydrogen) atoms. The summed E-state index contributed by atoms with van der Waals surface area (Å²) in [4.78, 5) is 0. The van der Waals surface area contributed by atoms with Crippen LogP contribution in [0.25, 0.3) is 0 Å². The molecular formula is C30H54Si4. The minimum atomic E-state index is -1.36. The van der Waals surface area contributed by atoms with Gasteiger partial charge in [0.2, 0.25) is 0 Å². The first-order valence-electron chi connectivity index (χ1n) is 13.5. The third-order valence-electron chi connectivity index (χ3n) is 7.27. The Kier molecular flexibility index (Phi) is 8.99. The van der Waals surface area contributed by atoms with Crippen LogP contribution >= 0.6 is 0 Å². The third kappa shape index (κ3) is 7.41. The molecule has 0 fully saturated rings. The Morgan fingerprint density at radius 2 is 0.676 bits per heavy atom. The smallest absolute Gasteiger partial charge is 0.0656 e. The van der Waals surface area contributed by atoms with Crippen LogP contribution in [0, 0.1) is 13.8 Å². The first-order chi connectivity index (χ1) is 15.2. The summed E-state index contributed by atoms with van der Waals surface area (Å²) in [5.41, 5.74) is 6.41. The van der Waals surface area contributed by atoms with Gasteiger partial charge in [0.1, 0.15) is 0 Å². The topological polar surface area (TPSA) is 0 Å². The van der Waals surface area contributed by atoms with Gasteiger partial charge in [-0.15, -0.1) is 0 Å². The number of aryl methyl sites for hydroxylation is 4. The lowest BCUT2D eigenvalue weighted by atomic mass is 10.0. The van der Waals surface area contributed by atoms with E-state index in [1.165, 1.54) is 25.7 Å². The Bertz CT molecular complexity index is 923. The number of hydrogen-bond acceptors (Lipinski definition) is 0. The maximum Gasteiger partial charge on any atom is 0.0779 e. The fourth-order valence-electron chi connectivity index (χ4n) is 5.56. The van der Waals surface area contributed by atoms with Crippen LogP contribution in [-0.4, -0.2) is 32.3 Å². The van der Waals surface area contributed by atoms with Gasteiger partial charge < -0.3 is 0 Å². The van der Waals surface area contributed by atoms with Crippen molar-refractivity contribution < 1.29 is 0 Å². The fourth-order valence-corrected chi connectivity index (χ4v) is 12.9. The molecule has 0 saturated heterocycles. The van der Waals surface area contributed by atoms with E-state index in [2.05, 4.69) is 117 Å². The Balaban J connectivity index is 2.32. The summed E-state index contributed by atoms with van der Waals surface area (Å²) >= 11 is 0. The van der Waals surface area contributed by atoms with Crippen LogP contribution in [0.3, 0.4) is 0 Å². The van der Waals surface area contributed by atoms with Crippen molar-refractivity contribution in [2.24, 2.45) is 0 Å². The second kappa shape index (κ2) is 10.4. The molecule has 2 rings (SSSR count). The second-order valence-electron chi connectivity index (χ2n) is 14.9. The van der Waals surface area contributed by atoms with Crippen molar-refractivity contribution in [2.75, 3.05) is 0 Å². The molecule has 0 unspecified atom stereocenters. The second-order valence-corrected chi connectivity index (χ2v) is 35.0. The Morgan fingerprint density at radius 3 is 0.912 bits per heavy atom. The summed E-state index contributed by atoms with van der Waals surface area (Å²) in [5, 5.41) is 6.74. The minimum absolute atomic E-state index is 1.24. The van der Waals surface area contributed by atoms with E-state index in [-0.39, 0.29) is 0 Å². The van der Waals surface area contributed by atoms with E-state index < -0.39 is 32.3 Å². The van der Waals surface area contributed by atoms with Gasteiger partial charge in [-0.1, -0.05) is 135 Å². The van der Waals surface area contributed by atoms with Crippen LogP contribution in [0.5, 0.6) is 0 Å². The van der Waals surface area contributed by atoms with Crippen LogP contribution in [-0.2, 0) is 12.8 Å². The molecule has 0 N–H and O–H groups in total. The Labute approximate surface area is 217 Å². The molecule has 0 radical (unpaired) electrons. The van der Waals surface area contributed by atoms with Gasteiger partial charge in [-0.25, -0.2) is 0 Å². The third-order valence-corrected chi connectivity index (χ3v) is 15.7. The summed E-state index contributed by atoms with van der Waals surface area (Å²) in [6, 6.07) is 10.4. The molecule has 0 atom stereocenters. The molecule has 0 aliphatic heterocycles. The maximum atomic E-state index is 2.64. The van der Waals surface area contributed by atoms with E-state index in [1.807, 2.05) is 0 Å². The molecule has 190 valence electrons. The first-order valence-corrected chi connectivity index (χ1v) is 27.5. The highest BCUT2D eigenvalue weighted by Crippen LogP contribution is 2.18. The fraction of sp³-hybridized carbons (Fsp3) is 0.600. The van der Waals surface area contributed by atoms with Crippen LogP contribution in [0.15, 0.2) is 24.3 Å². The molecule has 4 heteroatoms.